The summed E-state index contributed by atoms with van der Waals surface area (Å²) in [5, 5.41) is 14.9. The average Bonchev–Trinajstić information content (AvgIpc) is 3.09. The summed E-state index contributed by atoms with van der Waals surface area (Å²) in [4.78, 5) is 15.2. The third kappa shape index (κ3) is 3.29. The van der Waals surface area contributed by atoms with Crippen LogP contribution in [0.25, 0.3) is 98.7 Å². The molecule has 0 bridgehead atoms. The molecule has 2 heterocycles. The monoisotopic (exact) mass is 557 g/mol. The zero-order chi connectivity index (χ0) is 28.8. The molecule has 10 rings (SSSR count). The van der Waals surface area contributed by atoms with Gasteiger partial charge >= 0.3 is 0 Å². The molecular weight excluding hydrogens is 534 g/mol. The van der Waals surface area contributed by atoms with Crippen LogP contribution in [-0.4, -0.2) is 15.0 Å². The van der Waals surface area contributed by atoms with Gasteiger partial charge in [-0.2, -0.15) is 0 Å². The average molecular weight is 558 g/mol. The van der Waals surface area contributed by atoms with E-state index >= 15 is 0 Å². The summed E-state index contributed by atoms with van der Waals surface area (Å²) in [6, 6.07) is 47.7. The largest absolute Gasteiger partial charge is 0.255 e. The van der Waals surface area contributed by atoms with Gasteiger partial charge in [-0.15, -0.1) is 0 Å². The number of benzene rings is 8. The van der Waals surface area contributed by atoms with Crippen LogP contribution in [0.4, 0.5) is 0 Å². The molecule has 0 unspecified atom stereocenters. The number of rotatable bonds is 3. The van der Waals surface area contributed by atoms with Crippen LogP contribution in [-0.2, 0) is 0 Å². The minimum Gasteiger partial charge on any atom is -0.255 e. The van der Waals surface area contributed by atoms with E-state index in [1.54, 1.807) is 0 Å². The Labute approximate surface area is 252 Å². The van der Waals surface area contributed by atoms with Crippen molar-refractivity contribution >= 4 is 64.6 Å². The third-order valence-corrected chi connectivity index (χ3v) is 9.21. The standard InChI is InChI=1S/C41H23N3/c1-2-21-42-34(12-1)36-23-35(30-19-17-28-16-14-24-6-3-7-26-18-20-32(30)40(28)37(24)26)43-41(44-36)33-22-29-10-4-8-25-13-15-27-9-5-11-31(33)39(27)38(25)29/h1-23H. The van der Waals surface area contributed by atoms with Gasteiger partial charge in [-0.1, -0.05) is 109 Å². The van der Waals surface area contributed by atoms with Gasteiger partial charge in [-0.25, -0.2) is 9.97 Å². The summed E-state index contributed by atoms with van der Waals surface area (Å²) >= 11 is 0. The van der Waals surface area contributed by atoms with E-state index in [9.17, 15) is 0 Å². The molecule has 202 valence electrons. The van der Waals surface area contributed by atoms with Crippen LogP contribution in [0.1, 0.15) is 0 Å². The summed E-state index contributed by atoms with van der Waals surface area (Å²) in [6.07, 6.45) is 1.82. The molecule has 0 radical (unpaired) electrons. The lowest BCUT2D eigenvalue weighted by Gasteiger charge is -2.16. The van der Waals surface area contributed by atoms with Crippen molar-refractivity contribution in [1.29, 1.82) is 0 Å². The lowest BCUT2D eigenvalue weighted by Crippen LogP contribution is -1.98. The molecule has 0 saturated heterocycles. The highest BCUT2D eigenvalue weighted by atomic mass is 14.9. The lowest BCUT2D eigenvalue weighted by atomic mass is 9.90. The van der Waals surface area contributed by atoms with Gasteiger partial charge in [-0.05, 0) is 88.9 Å². The molecule has 0 saturated carbocycles. The molecule has 2 aromatic heterocycles. The molecule has 10 aromatic rings. The minimum absolute atomic E-state index is 0.702. The Morgan fingerprint density at radius 2 is 0.909 bits per heavy atom. The Balaban J connectivity index is 1.31. The van der Waals surface area contributed by atoms with Crippen LogP contribution in [0, 0.1) is 0 Å². The highest BCUT2D eigenvalue weighted by Crippen LogP contribution is 2.42. The Morgan fingerprint density at radius 3 is 1.64 bits per heavy atom. The molecule has 44 heavy (non-hydrogen) atoms. The van der Waals surface area contributed by atoms with Gasteiger partial charge in [0.15, 0.2) is 5.82 Å². The molecule has 0 spiro atoms. The smallest absolute Gasteiger partial charge is 0.161 e. The number of aromatic nitrogens is 3. The highest BCUT2D eigenvalue weighted by Gasteiger charge is 2.19. The number of hydrogen-bond donors (Lipinski definition) is 0. The molecule has 0 aliphatic heterocycles. The van der Waals surface area contributed by atoms with Gasteiger partial charge in [0, 0.05) is 17.3 Å². The van der Waals surface area contributed by atoms with Crippen molar-refractivity contribution in [2.75, 3.05) is 0 Å². The molecule has 0 aliphatic carbocycles. The van der Waals surface area contributed by atoms with Crippen LogP contribution in [0.2, 0.25) is 0 Å². The fourth-order valence-corrected chi connectivity index (χ4v) is 7.26. The SMILES string of the molecule is c1ccc(-c2cc(-c3ccc4ccc5cccc6ccc3c4c56)nc(-c3cc4cccc5ccc6cccc3c6c54)n2)nc1. The molecule has 0 fully saturated rings. The second-order valence-corrected chi connectivity index (χ2v) is 11.6. The Bertz CT molecular complexity index is 2690. The number of hydrogen-bond acceptors (Lipinski definition) is 3. The van der Waals surface area contributed by atoms with Gasteiger partial charge in [0.25, 0.3) is 0 Å². The van der Waals surface area contributed by atoms with Gasteiger partial charge in [0.05, 0.1) is 17.1 Å². The first kappa shape index (κ1) is 23.6. The maximum absolute atomic E-state index is 5.35. The summed E-state index contributed by atoms with van der Waals surface area (Å²) in [6.45, 7) is 0. The summed E-state index contributed by atoms with van der Waals surface area (Å²) in [5.41, 5.74) is 4.64. The second-order valence-electron chi connectivity index (χ2n) is 11.6. The Morgan fingerprint density at radius 1 is 0.341 bits per heavy atom. The van der Waals surface area contributed by atoms with E-state index in [2.05, 4.69) is 115 Å². The van der Waals surface area contributed by atoms with Crippen molar-refractivity contribution < 1.29 is 0 Å². The highest BCUT2D eigenvalue weighted by molar-refractivity contribution is 6.27. The summed E-state index contributed by atoms with van der Waals surface area (Å²) in [7, 11) is 0. The molecule has 0 amide bonds. The molecule has 3 heteroatoms. The van der Waals surface area contributed by atoms with Crippen molar-refractivity contribution in [2.24, 2.45) is 0 Å². The maximum Gasteiger partial charge on any atom is 0.161 e. The fourth-order valence-electron chi connectivity index (χ4n) is 7.26. The van der Waals surface area contributed by atoms with E-state index < -0.39 is 0 Å². The first-order valence-electron chi connectivity index (χ1n) is 14.9. The quantitative estimate of drug-likeness (QED) is 0.203. The zero-order valence-corrected chi connectivity index (χ0v) is 23.6. The van der Waals surface area contributed by atoms with Crippen molar-refractivity contribution in [3.05, 3.63) is 140 Å². The zero-order valence-electron chi connectivity index (χ0n) is 23.6. The summed E-state index contributed by atoms with van der Waals surface area (Å²) < 4.78 is 0. The first-order valence-corrected chi connectivity index (χ1v) is 14.9. The molecule has 0 atom stereocenters. The van der Waals surface area contributed by atoms with E-state index in [4.69, 9.17) is 15.0 Å². The van der Waals surface area contributed by atoms with Crippen LogP contribution in [0.3, 0.4) is 0 Å². The van der Waals surface area contributed by atoms with Crippen molar-refractivity contribution in [1.82, 2.24) is 15.0 Å². The molecule has 8 aromatic carbocycles. The van der Waals surface area contributed by atoms with Crippen molar-refractivity contribution in [3.8, 4) is 34.0 Å². The second kappa shape index (κ2) is 8.79. The van der Waals surface area contributed by atoms with Gasteiger partial charge in [-0.3, -0.25) is 4.98 Å². The molecule has 3 nitrogen and oxygen atoms in total. The van der Waals surface area contributed by atoms with Crippen LogP contribution in [0.15, 0.2) is 140 Å². The Kier molecular flexibility index (Phi) is 4.72. The molecular formula is C41H23N3. The van der Waals surface area contributed by atoms with Crippen molar-refractivity contribution in [3.63, 3.8) is 0 Å². The fraction of sp³-hybridized carbons (Fsp3) is 0. The van der Waals surface area contributed by atoms with Crippen LogP contribution in [0.5, 0.6) is 0 Å². The first-order chi connectivity index (χ1) is 21.8. The third-order valence-electron chi connectivity index (χ3n) is 9.21. The number of nitrogens with zero attached hydrogens (tertiary/aromatic N) is 3. The van der Waals surface area contributed by atoms with Crippen LogP contribution >= 0.6 is 0 Å². The van der Waals surface area contributed by atoms with Gasteiger partial charge < -0.3 is 0 Å². The predicted octanol–water partition coefficient (Wildman–Crippen LogP) is 10.7. The topological polar surface area (TPSA) is 38.7 Å². The molecule has 0 aliphatic rings. The number of pyridine rings is 1. The predicted molar refractivity (Wildman–Crippen MR) is 184 cm³/mol. The normalized spacial score (nSPS) is 12.1. The van der Waals surface area contributed by atoms with E-state index in [-0.39, 0.29) is 0 Å². The lowest BCUT2D eigenvalue weighted by molar-refractivity contribution is 1.17. The van der Waals surface area contributed by atoms with E-state index in [0.29, 0.717) is 5.82 Å². The van der Waals surface area contributed by atoms with Crippen LogP contribution < -0.4 is 0 Å². The van der Waals surface area contributed by atoms with Gasteiger partial charge in [0.1, 0.15) is 0 Å². The van der Waals surface area contributed by atoms with E-state index in [1.807, 2.05) is 24.4 Å². The maximum atomic E-state index is 5.35. The van der Waals surface area contributed by atoms with E-state index in [0.717, 1.165) is 33.6 Å². The minimum atomic E-state index is 0.702. The van der Waals surface area contributed by atoms with Gasteiger partial charge in [0.2, 0.25) is 0 Å². The summed E-state index contributed by atoms with van der Waals surface area (Å²) in [5.74, 6) is 0.702. The Hall–Kier alpha value is -5.93. The van der Waals surface area contributed by atoms with Crippen molar-refractivity contribution in [2.45, 2.75) is 0 Å². The van der Waals surface area contributed by atoms with E-state index in [1.165, 1.54) is 59.2 Å². The molecule has 0 N–H and O–H groups in total.